The Labute approximate surface area is 287 Å². The second-order valence-electron chi connectivity index (χ2n) is 12.3. The Hall–Kier alpha value is -6.92. The predicted octanol–water partition coefficient (Wildman–Crippen LogP) is 10.5. The van der Waals surface area contributed by atoms with Gasteiger partial charge in [-0.1, -0.05) is 127 Å². The van der Waals surface area contributed by atoms with Crippen molar-refractivity contribution >= 4 is 43.6 Å². The number of rotatable bonds is 5. The van der Waals surface area contributed by atoms with E-state index in [4.69, 9.17) is 19.9 Å². The molecule has 0 saturated carbocycles. The minimum Gasteiger partial charge on any atom is -0.309 e. The molecular formula is C44H28N6. The molecule has 0 atom stereocenters. The lowest BCUT2D eigenvalue weighted by Gasteiger charge is -2.11. The summed E-state index contributed by atoms with van der Waals surface area (Å²) in [6.07, 6.45) is 1.93. The first-order valence-electron chi connectivity index (χ1n) is 16.7. The van der Waals surface area contributed by atoms with Crippen LogP contribution in [0.5, 0.6) is 0 Å². The molecule has 0 amide bonds. The topological polar surface area (TPSA) is 61.4 Å². The van der Waals surface area contributed by atoms with Crippen LogP contribution in [0.25, 0.3) is 89.3 Å². The Balaban J connectivity index is 1.28. The van der Waals surface area contributed by atoms with Crippen molar-refractivity contribution in [2.24, 2.45) is 0 Å². The number of aromatic nitrogens is 6. The highest BCUT2D eigenvalue weighted by Crippen LogP contribution is 2.42. The molecule has 234 valence electrons. The average molecular weight is 641 g/mol. The van der Waals surface area contributed by atoms with E-state index in [9.17, 15) is 0 Å². The van der Waals surface area contributed by atoms with Gasteiger partial charge in [-0.3, -0.25) is 9.55 Å². The van der Waals surface area contributed by atoms with Crippen LogP contribution in [0.1, 0.15) is 0 Å². The molecular weight excluding hydrogens is 613 g/mol. The lowest BCUT2D eigenvalue weighted by Crippen LogP contribution is -2.06. The fourth-order valence-corrected chi connectivity index (χ4v) is 7.30. The summed E-state index contributed by atoms with van der Waals surface area (Å²) in [6, 6.07) is 56.4. The predicted molar refractivity (Wildman–Crippen MR) is 203 cm³/mol. The molecule has 50 heavy (non-hydrogen) atoms. The first-order chi connectivity index (χ1) is 24.8. The minimum absolute atomic E-state index is 0.563. The maximum atomic E-state index is 5.12. The molecule has 6 heteroatoms. The fraction of sp³-hybridized carbons (Fsp3) is 0. The first kappa shape index (κ1) is 28.1. The first-order valence-corrected chi connectivity index (χ1v) is 16.7. The molecule has 0 fully saturated rings. The van der Waals surface area contributed by atoms with Crippen LogP contribution >= 0.6 is 0 Å². The quantitative estimate of drug-likeness (QED) is 0.188. The third-order valence-electron chi connectivity index (χ3n) is 9.44. The summed E-state index contributed by atoms with van der Waals surface area (Å²) < 4.78 is 4.50. The van der Waals surface area contributed by atoms with Gasteiger partial charge in [0.05, 0.1) is 27.8 Å². The van der Waals surface area contributed by atoms with Gasteiger partial charge in [-0.05, 0) is 36.4 Å². The summed E-state index contributed by atoms with van der Waals surface area (Å²) >= 11 is 0. The maximum Gasteiger partial charge on any atom is 0.238 e. The fourth-order valence-electron chi connectivity index (χ4n) is 7.30. The standard InChI is InChI=1S/C44H28N6/c1-4-15-29(16-5-1)42-46-43(30-17-6-2-7-18-30)48-44(47-42)50-36-25-13-10-21-32(36)39-34(23-14-26-37(39)50)41-40-33-22-11-12-24-35(33)49(38(40)27-28-45-41)31-19-8-3-9-20-31/h1-28H. The zero-order valence-electron chi connectivity index (χ0n) is 26.8. The van der Waals surface area contributed by atoms with Gasteiger partial charge in [0.2, 0.25) is 5.95 Å². The Morgan fingerprint density at radius 1 is 0.380 bits per heavy atom. The highest BCUT2D eigenvalue weighted by molar-refractivity contribution is 6.21. The second-order valence-corrected chi connectivity index (χ2v) is 12.3. The molecule has 0 aliphatic heterocycles. The molecule has 4 aromatic heterocycles. The van der Waals surface area contributed by atoms with Crippen molar-refractivity contribution in [3.05, 3.63) is 170 Å². The molecule has 6 aromatic carbocycles. The number of fused-ring (bicyclic) bond motifs is 6. The largest absolute Gasteiger partial charge is 0.309 e. The molecule has 0 unspecified atom stereocenters. The number of hydrogen-bond acceptors (Lipinski definition) is 4. The smallest absolute Gasteiger partial charge is 0.238 e. The summed E-state index contributed by atoms with van der Waals surface area (Å²) in [5.41, 5.74) is 9.24. The van der Waals surface area contributed by atoms with Crippen molar-refractivity contribution in [2.75, 3.05) is 0 Å². The van der Waals surface area contributed by atoms with Crippen LogP contribution in [0.3, 0.4) is 0 Å². The van der Waals surface area contributed by atoms with E-state index < -0.39 is 0 Å². The highest BCUT2D eigenvalue weighted by Gasteiger charge is 2.23. The summed E-state index contributed by atoms with van der Waals surface area (Å²) in [6.45, 7) is 0. The Morgan fingerprint density at radius 2 is 0.900 bits per heavy atom. The third kappa shape index (κ3) is 4.36. The van der Waals surface area contributed by atoms with E-state index in [0.717, 1.165) is 71.7 Å². The monoisotopic (exact) mass is 640 g/mol. The van der Waals surface area contributed by atoms with Crippen molar-refractivity contribution in [1.29, 1.82) is 0 Å². The van der Waals surface area contributed by atoms with E-state index in [1.165, 1.54) is 0 Å². The van der Waals surface area contributed by atoms with Gasteiger partial charge in [-0.15, -0.1) is 0 Å². The Bertz CT molecular complexity index is 2800. The molecule has 6 nitrogen and oxygen atoms in total. The van der Waals surface area contributed by atoms with Crippen LogP contribution in [0.4, 0.5) is 0 Å². The SMILES string of the molecule is c1ccc(-c2nc(-c3ccccc3)nc(-n3c4ccccc4c4c(-c5nccc6c5c5ccccc5n6-c5ccccc5)cccc43)n2)cc1. The minimum atomic E-state index is 0.563. The van der Waals surface area contributed by atoms with Crippen molar-refractivity contribution < 1.29 is 0 Å². The Kier molecular flexibility index (Phi) is 6.39. The van der Waals surface area contributed by atoms with Crippen molar-refractivity contribution in [1.82, 2.24) is 29.1 Å². The molecule has 10 aromatic rings. The zero-order valence-corrected chi connectivity index (χ0v) is 26.8. The molecule has 0 radical (unpaired) electrons. The van der Waals surface area contributed by atoms with Gasteiger partial charge in [0.15, 0.2) is 11.6 Å². The molecule has 0 spiro atoms. The van der Waals surface area contributed by atoms with E-state index in [1.54, 1.807) is 0 Å². The molecule has 0 N–H and O–H groups in total. The summed E-state index contributed by atoms with van der Waals surface area (Å²) in [5.74, 6) is 1.81. The summed E-state index contributed by atoms with van der Waals surface area (Å²) in [4.78, 5) is 20.3. The van der Waals surface area contributed by atoms with Crippen molar-refractivity contribution in [2.45, 2.75) is 0 Å². The van der Waals surface area contributed by atoms with Crippen LogP contribution < -0.4 is 0 Å². The van der Waals surface area contributed by atoms with Gasteiger partial charge in [0.1, 0.15) is 0 Å². The van der Waals surface area contributed by atoms with E-state index >= 15 is 0 Å². The van der Waals surface area contributed by atoms with E-state index in [-0.39, 0.29) is 0 Å². The van der Waals surface area contributed by atoms with Gasteiger partial charge >= 0.3 is 0 Å². The van der Waals surface area contributed by atoms with Gasteiger partial charge in [-0.25, -0.2) is 4.98 Å². The van der Waals surface area contributed by atoms with Crippen LogP contribution in [-0.2, 0) is 0 Å². The van der Waals surface area contributed by atoms with Gasteiger partial charge in [-0.2, -0.15) is 9.97 Å². The van der Waals surface area contributed by atoms with Crippen LogP contribution in [0.2, 0.25) is 0 Å². The molecule has 0 saturated heterocycles. The van der Waals surface area contributed by atoms with Crippen LogP contribution in [0.15, 0.2) is 170 Å². The zero-order chi connectivity index (χ0) is 33.0. The van der Waals surface area contributed by atoms with Gasteiger partial charge in [0.25, 0.3) is 0 Å². The number of pyridine rings is 1. The second kappa shape index (κ2) is 11.4. The third-order valence-corrected chi connectivity index (χ3v) is 9.44. The molecule has 4 heterocycles. The highest BCUT2D eigenvalue weighted by atomic mass is 15.2. The van der Waals surface area contributed by atoms with Crippen LogP contribution in [0, 0.1) is 0 Å². The maximum absolute atomic E-state index is 5.12. The van der Waals surface area contributed by atoms with Gasteiger partial charge in [0, 0.05) is 50.1 Å². The number of hydrogen-bond donors (Lipinski definition) is 0. The van der Waals surface area contributed by atoms with E-state index in [2.05, 4.69) is 112 Å². The number of benzene rings is 6. The van der Waals surface area contributed by atoms with Crippen molar-refractivity contribution in [3.8, 4) is 45.7 Å². The molecule has 10 rings (SSSR count). The molecule has 0 aliphatic carbocycles. The molecule has 0 aliphatic rings. The number of nitrogens with zero attached hydrogens (tertiary/aromatic N) is 6. The van der Waals surface area contributed by atoms with Gasteiger partial charge < -0.3 is 4.57 Å². The molecule has 0 bridgehead atoms. The summed E-state index contributed by atoms with van der Waals surface area (Å²) in [7, 11) is 0. The lowest BCUT2D eigenvalue weighted by atomic mass is 10.00. The van der Waals surface area contributed by atoms with Crippen molar-refractivity contribution in [3.63, 3.8) is 0 Å². The van der Waals surface area contributed by atoms with E-state index in [0.29, 0.717) is 17.6 Å². The summed E-state index contributed by atoms with van der Waals surface area (Å²) in [5, 5.41) is 4.48. The number of para-hydroxylation sites is 3. The normalized spacial score (nSPS) is 11.6. The lowest BCUT2D eigenvalue weighted by molar-refractivity contribution is 0.953. The van der Waals surface area contributed by atoms with Crippen LogP contribution in [-0.4, -0.2) is 29.1 Å². The average Bonchev–Trinajstić information content (AvgIpc) is 3.72. The van der Waals surface area contributed by atoms with E-state index in [1.807, 2.05) is 66.9 Å². The Morgan fingerprint density at radius 3 is 1.56 bits per heavy atom.